The van der Waals surface area contributed by atoms with Gasteiger partial charge in [-0.25, -0.2) is 0 Å². The van der Waals surface area contributed by atoms with Crippen LogP contribution in [-0.2, 0) is 16.2 Å². The van der Waals surface area contributed by atoms with Crippen LogP contribution in [0.25, 0.3) is 0 Å². The van der Waals surface area contributed by atoms with Gasteiger partial charge in [0.15, 0.2) is 0 Å². The Hall–Kier alpha value is -3.51. The van der Waals surface area contributed by atoms with E-state index in [4.69, 9.17) is 21.1 Å². The lowest BCUT2D eigenvalue weighted by atomic mass is 10.1. The van der Waals surface area contributed by atoms with Gasteiger partial charge < -0.3 is 19.7 Å². The molecular formula is C25H23ClN2O4. The highest BCUT2D eigenvalue weighted by molar-refractivity contribution is 6.30. The molecule has 1 atom stereocenters. The average molecular weight is 451 g/mol. The van der Waals surface area contributed by atoms with Gasteiger partial charge in [0.1, 0.15) is 18.1 Å². The predicted molar refractivity (Wildman–Crippen MR) is 124 cm³/mol. The second-order valence-corrected chi connectivity index (χ2v) is 7.97. The number of carbonyl (C=O) groups excluding carboxylic acids is 2. The molecule has 0 radical (unpaired) electrons. The number of nitrogens with one attached hydrogen (secondary N) is 1. The summed E-state index contributed by atoms with van der Waals surface area (Å²) in [6.07, 6.45) is 0.171. The molecule has 0 aromatic heterocycles. The Kier molecular flexibility index (Phi) is 6.61. The van der Waals surface area contributed by atoms with E-state index in [-0.39, 0.29) is 18.2 Å². The lowest BCUT2D eigenvalue weighted by molar-refractivity contribution is -0.122. The van der Waals surface area contributed by atoms with Crippen molar-refractivity contribution in [2.24, 2.45) is 5.92 Å². The molecule has 0 spiro atoms. The Bertz CT molecular complexity index is 1100. The number of benzene rings is 3. The molecule has 0 saturated carbocycles. The first-order valence-corrected chi connectivity index (χ1v) is 10.6. The molecule has 6 nitrogen and oxygen atoms in total. The van der Waals surface area contributed by atoms with Gasteiger partial charge >= 0.3 is 0 Å². The molecule has 3 aromatic rings. The van der Waals surface area contributed by atoms with Crippen molar-refractivity contribution in [1.82, 2.24) is 0 Å². The summed E-state index contributed by atoms with van der Waals surface area (Å²) in [5, 5.41) is 3.55. The van der Waals surface area contributed by atoms with Gasteiger partial charge in [-0.2, -0.15) is 0 Å². The molecule has 164 valence electrons. The smallest absolute Gasteiger partial charge is 0.229 e. The summed E-state index contributed by atoms with van der Waals surface area (Å²) >= 11 is 5.90. The van der Waals surface area contributed by atoms with Gasteiger partial charge in [-0.15, -0.1) is 0 Å². The van der Waals surface area contributed by atoms with Crippen LogP contribution in [0.4, 0.5) is 11.4 Å². The third kappa shape index (κ3) is 5.21. The number of amides is 2. The van der Waals surface area contributed by atoms with Crippen LogP contribution in [0.3, 0.4) is 0 Å². The molecule has 1 N–H and O–H groups in total. The van der Waals surface area contributed by atoms with E-state index in [1.807, 2.05) is 48.5 Å². The van der Waals surface area contributed by atoms with Crippen LogP contribution < -0.4 is 19.7 Å². The second-order valence-electron chi connectivity index (χ2n) is 7.54. The highest BCUT2D eigenvalue weighted by Crippen LogP contribution is 2.28. The van der Waals surface area contributed by atoms with E-state index < -0.39 is 5.92 Å². The molecule has 1 aliphatic heterocycles. The molecule has 0 aliphatic carbocycles. The summed E-state index contributed by atoms with van der Waals surface area (Å²) in [7, 11) is 1.57. The first kappa shape index (κ1) is 21.7. The molecule has 7 heteroatoms. The largest absolute Gasteiger partial charge is 0.497 e. The highest BCUT2D eigenvalue weighted by Gasteiger charge is 2.35. The predicted octanol–water partition coefficient (Wildman–Crippen LogP) is 4.92. The van der Waals surface area contributed by atoms with E-state index in [1.54, 1.807) is 36.3 Å². The van der Waals surface area contributed by atoms with Crippen LogP contribution in [0.2, 0.25) is 5.02 Å². The minimum atomic E-state index is -0.422. The van der Waals surface area contributed by atoms with Gasteiger partial charge in [0, 0.05) is 35.4 Å². The van der Waals surface area contributed by atoms with E-state index in [2.05, 4.69) is 5.32 Å². The van der Waals surface area contributed by atoms with Crippen LogP contribution in [0, 0.1) is 5.92 Å². The maximum absolute atomic E-state index is 12.7. The van der Waals surface area contributed by atoms with Crippen molar-refractivity contribution in [2.75, 3.05) is 23.9 Å². The Morgan fingerprint density at radius 2 is 1.81 bits per heavy atom. The lowest BCUT2D eigenvalue weighted by Crippen LogP contribution is -2.28. The number of hydrogen-bond donors (Lipinski definition) is 1. The standard InChI is InChI=1S/C25H23ClN2O4/c1-31-23-4-2-3-20(14-23)27-25(30)18-13-24(29)28(15-18)21-9-11-22(12-10-21)32-16-17-5-7-19(26)8-6-17/h2-12,14,18H,13,15-16H2,1H3,(H,27,30)/t18-/m0/s1. The number of nitrogens with zero attached hydrogens (tertiary/aromatic N) is 1. The van der Waals surface area contributed by atoms with Crippen LogP contribution >= 0.6 is 11.6 Å². The Morgan fingerprint density at radius 1 is 1.06 bits per heavy atom. The van der Waals surface area contributed by atoms with Gasteiger partial charge in [0.05, 0.1) is 13.0 Å². The third-order valence-corrected chi connectivity index (χ3v) is 5.55. The topological polar surface area (TPSA) is 67.9 Å². The SMILES string of the molecule is COc1cccc(NC(=O)[C@H]2CC(=O)N(c3ccc(OCc4ccc(Cl)cc4)cc3)C2)c1. The first-order valence-electron chi connectivity index (χ1n) is 10.2. The number of halogens is 1. The van der Waals surface area contributed by atoms with Crippen molar-refractivity contribution in [3.63, 3.8) is 0 Å². The van der Waals surface area contributed by atoms with Gasteiger partial charge in [0.2, 0.25) is 11.8 Å². The summed E-state index contributed by atoms with van der Waals surface area (Å²) in [4.78, 5) is 26.9. The van der Waals surface area contributed by atoms with Crippen LogP contribution in [0.15, 0.2) is 72.8 Å². The fourth-order valence-electron chi connectivity index (χ4n) is 3.55. The normalized spacial score (nSPS) is 15.5. The van der Waals surface area contributed by atoms with Crippen LogP contribution in [0.1, 0.15) is 12.0 Å². The Balaban J connectivity index is 1.35. The number of anilines is 2. The van der Waals surface area contributed by atoms with Crippen molar-refractivity contribution in [3.8, 4) is 11.5 Å². The second kappa shape index (κ2) is 9.75. The lowest BCUT2D eigenvalue weighted by Gasteiger charge is -2.17. The molecule has 32 heavy (non-hydrogen) atoms. The van der Waals surface area contributed by atoms with Crippen LogP contribution in [0.5, 0.6) is 11.5 Å². The fraction of sp³-hybridized carbons (Fsp3) is 0.200. The van der Waals surface area contributed by atoms with Gasteiger partial charge in [-0.3, -0.25) is 9.59 Å². The van der Waals surface area contributed by atoms with Crippen molar-refractivity contribution in [1.29, 1.82) is 0 Å². The zero-order valence-electron chi connectivity index (χ0n) is 17.6. The monoisotopic (exact) mass is 450 g/mol. The molecule has 2 amide bonds. The molecule has 1 fully saturated rings. The minimum absolute atomic E-state index is 0.0781. The zero-order chi connectivity index (χ0) is 22.5. The maximum Gasteiger partial charge on any atom is 0.229 e. The molecule has 0 bridgehead atoms. The van der Waals surface area contributed by atoms with E-state index in [0.717, 1.165) is 11.3 Å². The molecule has 1 aliphatic rings. The van der Waals surface area contributed by atoms with Gasteiger partial charge in [0.25, 0.3) is 0 Å². The first-order chi connectivity index (χ1) is 15.5. The van der Waals surface area contributed by atoms with E-state index in [9.17, 15) is 9.59 Å². The minimum Gasteiger partial charge on any atom is -0.497 e. The number of hydrogen-bond acceptors (Lipinski definition) is 4. The highest BCUT2D eigenvalue weighted by atomic mass is 35.5. The Morgan fingerprint density at radius 3 is 2.53 bits per heavy atom. The van der Waals surface area contributed by atoms with Crippen molar-refractivity contribution in [2.45, 2.75) is 13.0 Å². The van der Waals surface area contributed by atoms with E-state index >= 15 is 0 Å². The zero-order valence-corrected chi connectivity index (χ0v) is 18.3. The molecule has 1 heterocycles. The summed E-state index contributed by atoms with van der Waals surface area (Å²) in [6, 6.07) is 21.9. The molecule has 3 aromatic carbocycles. The van der Waals surface area contributed by atoms with Crippen molar-refractivity contribution >= 4 is 34.8 Å². The number of carbonyl (C=O) groups is 2. The van der Waals surface area contributed by atoms with Crippen LogP contribution in [-0.4, -0.2) is 25.5 Å². The Labute approximate surface area is 191 Å². The summed E-state index contributed by atoms with van der Waals surface area (Å²) in [5.74, 6) is 0.671. The fourth-order valence-corrected chi connectivity index (χ4v) is 3.67. The average Bonchev–Trinajstić information content (AvgIpc) is 3.21. The molecular weight excluding hydrogens is 428 g/mol. The molecule has 4 rings (SSSR count). The van der Waals surface area contributed by atoms with E-state index in [1.165, 1.54) is 0 Å². The summed E-state index contributed by atoms with van der Waals surface area (Å²) in [5.41, 5.74) is 2.39. The van der Waals surface area contributed by atoms with Crippen molar-refractivity contribution in [3.05, 3.63) is 83.4 Å². The number of methoxy groups -OCH3 is 1. The number of rotatable bonds is 7. The van der Waals surface area contributed by atoms with Gasteiger partial charge in [-0.1, -0.05) is 29.8 Å². The van der Waals surface area contributed by atoms with Gasteiger partial charge in [-0.05, 0) is 54.1 Å². The van der Waals surface area contributed by atoms with E-state index in [0.29, 0.717) is 35.4 Å². The molecule has 0 unspecified atom stereocenters. The molecule has 1 saturated heterocycles. The summed E-state index contributed by atoms with van der Waals surface area (Å²) < 4.78 is 11.0. The van der Waals surface area contributed by atoms with Crippen molar-refractivity contribution < 1.29 is 19.1 Å². The maximum atomic E-state index is 12.7. The third-order valence-electron chi connectivity index (χ3n) is 5.30. The quantitative estimate of drug-likeness (QED) is 0.554. The summed E-state index contributed by atoms with van der Waals surface area (Å²) in [6.45, 7) is 0.755. The number of ether oxygens (including phenoxy) is 2.